The van der Waals surface area contributed by atoms with Crippen LogP contribution >= 0.6 is 22.6 Å². The Hall–Kier alpha value is -3.57. The van der Waals surface area contributed by atoms with Gasteiger partial charge in [-0.25, -0.2) is 0 Å². The van der Waals surface area contributed by atoms with E-state index in [1.165, 1.54) is 42.2 Å². The Morgan fingerprint density at radius 1 is 0.545 bits per heavy atom. The van der Waals surface area contributed by atoms with Gasteiger partial charge in [-0.15, -0.1) is 0 Å². The van der Waals surface area contributed by atoms with Gasteiger partial charge in [0.15, 0.2) is 0 Å². The first-order valence-electron chi connectivity index (χ1n) is 11.0. The first kappa shape index (κ1) is 18.9. The Morgan fingerprint density at radius 3 is 1.94 bits per heavy atom. The zero-order valence-corrected chi connectivity index (χ0v) is 19.8. The average Bonchev–Trinajstić information content (AvgIpc) is 3.39. The van der Waals surface area contributed by atoms with E-state index in [4.69, 9.17) is 4.42 Å². The largest absolute Gasteiger partial charge is 0.456 e. The Balaban J connectivity index is 1.58. The number of halogens is 1. The summed E-state index contributed by atoms with van der Waals surface area (Å²) in [7, 11) is 0. The summed E-state index contributed by atoms with van der Waals surface area (Å²) in [5.74, 6) is 0. The summed E-state index contributed by atoms with van der Waals surface area (Å²) in [6, 6.07) is 38.7. The molecular weight excluding hydrogens is 517 g/mol. The predicted octanol–water partition coefficient (Wildman–Crippen LogP) is 8.95. The van der Waals surface area contributed by atoms with Crippen molar-refractivity contribution >= 4 is 66.3 Å². The molecule has 156 valence electrons. The number of benzene rings is 5. The van der Waals surface area contributed by atoms with E-state index in [1.807, 2.05) is 12.1 Å². The molecule has 0 aliphatic rings. The summed E-state index contributed by atoms with van der Waals surface area (Å²) in [6.07, 6.45) is 0. The van der Waals surface area contributed by atoms with Gasteiger partial charge in [-0.05, 0) is 64.6 Å². The number of hydrogen-bond donors (Lipinski definition) is 0. The predicted molar refractivity (Wildman–Crippen MR) is 146 cm³/mol. The van der Waals surface area contributed by atoms with Gasteiger partial charge in [-0.3, -0.25) is 0 Å². The second-order valence-corrected chi connectivity index (χ2v) is 9.48. The van der Waals surface area contributed by atoms with Crippen molar-refractivity contribution in [1.82, 2.24) is 4.57 Å². The summed E-state index contributed by atoms with van der Waals surface area (Å²) in [4.78, 5) is 0. The van der Waals surface area contributed by atoms with Crippen molar-refractivity contribution in [3.05, 3.63) is 113 Å². The monoisotopic (exact) mass is 535 g/mol. The van der Waals surface area contributed by atoms with Crippen LogP contribution in [0.15, 0.2) is 114 Å². The Bertz CT molecular complexity index is 1790. The summed E-state index contributed by atoms with van der Waals surface area (Å²) in [6.45, 7) is 0. The third kappa shape index (κ3) is 2.79. The Labute approximate surface area is 204 Å². The molecule has 0 aliphatic heterocycles. The van der Waals surface area contributed by atoms with Gasteiger partial charge in [0.1, 0.15) is 11.2 Å². The number of rotatable bonds is 2. The van der Waals surface area contributed by atoms with Gasteiger partial charge in [0.05, 0.1) is 16.7 Å². The van der Waals surface area contributed by atoms with Crippen LogP contribution in [0.4, 0.5) is 0 Å². The summed E-state index contributed by atoms with van der Waals surface area (Å²) in [5.41, 5.74) is 7.89. The highest BCUT2D eigenvalue weighted by Crippen LogP contribution is 2.39. The van der Waals surface area contributed by atoms with Crippen molar-refractivity contribution in [3.63, 3.8) is 0 Å². The van der Waals surface area contributed by atoms with Crippen LogP contribution < -0.4 is 0 Å². The number of furan rings is 1. The average molecular weight is 535 g/mol. The number of hydrogen-bond acceptors (Lipinski definition) is 1. The molecule has 0 aliphatic carbocycles. The normalized spacial score (nSPS) is 11.8. The fourth-order valence-corrected chi connectivity index (χ4v) is 5.77. The molecule has 0 amide bonds. The molecule has 0 saturated heterocycles. The molecule has 0 radical (unpaired) electrons. The molecule has 5 aromatic carbocycles. The van der Waals surface area contributed by atoms with Gasteiger partial charge in [0, 0.05) is 30.7 Å². The van der Waals surface area contributed by atoms with Crippen LogP contribution in [-0.4, -0.2) is 4.57 Å². The molecule has 0 atom stereocenters. The van der Waals surface area contributed by atoms with Gasteiger partial charge >= 0.3 is 0 Å². The van der Waals surface area contributed by atoms with Crippen molar-refractivity contribution < 1.29 is 4.42 Å². The zero-order valence-electron chi connectivity index (χ0n) is 17.6. The van der Waals surface area contributed by atoms with Gasteiger partial charge in [0.25, 0.3) is 0 Å². The van der Waals surface area contributed by atoms with Gasteiger partial charge < -0.3 is 8.98 Å². The minimum atomic E-state index is 0.920. The summed E-state index contributed by atoms with van der Waals surface area (Å²) in [5, 5.41) is 4.85. The fraction of sp³-hybridized carbons (Fsp3) is 0. The van der Waals surface area contributed by atoms with Crippen molar-refractivity contribution in [2.24, 2.45) is 0 Å². The van der Waals surface area contributed by atoms with Crippen LogP contribution in [0.5, 0.6) is 0 Å². The number of fused-ring (bicyclic) bond motifs is 6. The fourth-order valence-electron chi connectivity index (χ4n) is 5.03. The molecule has 0 spiro atoms. The molecule has 2 aromatic heterocycles. The molecule has 2 nitrogen and oxygen atoms in total. The van der Waals surface area contributed by atoms with Crippen LogP contribution in [0.1, 0.15) is 0 Å². The first-order chi connectivity index (χ1) is 16.3. The van der Waals surface area contributed by atoms with Crippen LogP contribution in [0.3, 0.4) is 0 Å². The van der Waals surface area contributed by atoms with E-state index in [9.17, 15) is 0 Å². The van der Waals surface area contributed by atoms with E-state index < -0.39 is 0 Å². The Morgan fingerprint density at radius 2 is 1.18 bits per heavy atom. The SMILES string of the molecule is Ic1cccc(-c2ccc3oc4ccccc4c3c2)c1-n1c2ccccc2c2ccccc21. The van der Waals surface area contributed by atoms with E-state index in [2.05, 4.69) is 124 Å². The van der Waals surface area contributed by atoms with E-state index >= 15 is 0 Å². The molecule has 0 bridgehead atoms. The van der Waals surface area contributed by atoms with E-state index in [0.717, 1.165) is 21.9 Å². The first-order valence-corrected chi connectivity index (χ1v) is 12.1. The van der Waals surface area contributed by atoms with Gasteiger partial charge in [0.2, 0.25) is 0 Å². The molecule has 2 heterocycles. The summed E-state index contributed by atoms with van der Waals surface area (Å²) < 4.78 is 9.71. The van der Waals surface area contributed by atoms with E-state index in [0.29, 0.717) is 0 Å². The molecule has 0 N–H and O–H groups in total. The molecule has 3 heteroatoms. The molecule has 7 aromatic rings. The van der Waals surface area contributed by atoms with Crippen LogP contribution in [-0.2, 0) is 0 Å². The highest BCUT2D eigenvalue weighted by molar-refractivity contribution is 14.1. The minimum Gasteiger partial charge on any atom is -0.456 e. The van der Waals surface area contributed by atoms with Crippen LogP contribution in [0, 0.1) is 3.57 Å². The van der Waals surface area contributed by atoms with Crippen molar-refractivity contribution in [3.8, 4) is 16.8 Å². The molecule has 0 saturated carbocycles. The Kier molecular flexibility index (Phi) is 4.15. The van der Waals surface area contributed by atoms with Crippen LogP contribution in [0.25, 0.3) is 60.6 Å². The minimum absolute atomic E-state index is 0.920. The maximum Gasteiger partial charge on any atom is 0.135 e. The van der Waals surface area contributed by atoms with E-state index in [-0.39, 0.29) is 0 Å². The van der Waals surface area contributed by atoms with Crippen LogP contribution in [0.2, 0.25) is 0 Å². The van der Waals surface area contributed by atoms with Gasteiger partial charge in [-0.1, -0.05) is 72.8 Å². The highest BCUT2D eigenvalue weighted by Gasteiger charge is 2.18. The smallest absolute Gasteiger partial charge is 0.135 e. The molecule has 33 heavy (non-hydrogen) atoms. The third-order valence-electron chi connectivity index (χ3n) is 6.48. The molecule has 7 rings (SSSR count). The lowest BCUT2D eigenvalue weighted by molar-refractivity contribution is 0.669. The van der Waals surface area contributed by atoms with Crippen molar-refractivity contribution in [2.45, 2.75) is 0 Å². The van der Waals surface area contributed by atoms with E-state index in [1.54, 1.807) is 0 Å². The van der Waals surface area contributed by atoms with Crippen molar-refractivity contribution in [2.75, 3.05) is 0 Å². The lowest BCUT2D eigenvalue weighted by Gasteiger charge is -2.16. The quantitative estimate of drug-likeness (QED) is 0.202. The zero-order chi connectivity index (χ0) is 21.9. The number of para-hydroxylation sites is 4. The second-order valence-electron chi connectivity index (χ2n) is 8.31. The van der Waals surface area contributed by atoms with Crippen molar-refractivity contribution in [1.29, 1.82) is 0 Å². The summed E-state index contributed by atoms with van der Waals surface area (Å²) >= 11 is 2.47. The third-order valence-corrected chi connectivity index (χ3v) is 7.35. The molecular formula is C30H18INO. The molecule has 0 fully saturated rings. The lowest BCUT2D eigenvalue weighted by Crippen LogP contribution is -2.00. The maximum atomic E-state index is 6.08. The molecule has 0 unspecified atom stereocenters. The second kappa shape index (κ2) is 7.22. The lowest BCUT2D eigenvalue weighted by atomic mass is 10.0. The number of aromatic nitrogens is 1. The topological polar surface area (TPSA) is 18.1 Å². The standard InChI is InChI=1S/C30H18INO/c31-25-12-7-11-20(19-16-17-29-24(18-19)23-10-3-6-15-28(23)33-29)30(25)32-26-13-4-1-8-21(26)22-9-2-5-14-27(22)32/h1-18H. The number of nitrogens with zero attached hydrogens (tertiary/aromatic N) is 1. The maximum absolute atomic E-state index is 6.08. The highest BCUT2D eigenvalue weighted by atomic mass is 127. The van der Waals surface area contributed by atoms with Gasteiger partial charge in [-0.2, -0.15) is 0 Å².